The van der Waals surface area contributed by atoms with Crippen LogP contribution in [0.25, 0.3) is 10.8 Å². The molecule has 0 saturated carbocycles. The number of halogens is 1. The van der Waals surface area contributed by atoms with Gasteiger partial charge in [-0.05, 0) is 21.9 Å². The number of alkyl halides is 1. The molecule has 3 rings (SSSR count). The van der Waals surface area contributed by atoms with Crippen LogP contribution >= 0.6 is 11.6 Å². The minimum absolute atomic E-state index is 0.142. The minimum Gasteiger partial charge on any atom is -0.445 e. The lowest BCUT2D eigenvalue weighted by Crippen LogP contribution is -2.43. The highest BCUT2D eigenvalue weighted by atomic mass is 35.5. The molecule has 1 atom stereocenters. The number of fused-ring (bicyclic) bond motifs is 1. The summed E-state index contributed by atoms with van der Waals surface area (Å²) in [7, 11) is 0. The highest BCUT2D eigenvalue weighted by Gasteiger charge is 2.22. The van der Waals surface area contributed by atoms with Crippen LogP contribution in [-0.2, 0) is 22.6 Å². The molecule has 1 N–H and O–H groups in total. The van der Waals surface area contributed by atoms with Gasteiger partial charge in [-0.1, -0.05) is 72.8 Å². The standard InChI is InChI=1S/C22H20ClNO3/c23-14-21(25)20(24-22(26)27-15-16-7-2-1-3-8-16)13-18-11-6-10-17-9-4-5-12-19(17)18/h1-12,20H,13-15H2,(H,24,26)/t20-/m0/s1. The van der Waals surface area contributed by atoms with Crippen LogP contribution in [0, 0.1) is 0 Å². The summed E-state index contributed by atoms with van der Waals surface area (Å²) in [5.41, 5.74) is 1.85. The number of rotatable bonds is 7. The second kappa shape index (κ2) is 9.19. The number of amides is 1. The Balaban J connectivity index is 1.70. The zero-order chi connectivity index (χ0) is 19.1. The predicted octanol–water partition coefficient (Wildman–Crippen LogP) is 4.49. The van der Waals surface area contributed by atoms with E-state index in [1.807, 2.05) is 72.8 Å². The zero-order valence-electron chi connectivity index (χ0n) is 14.7. The maximum atomic E-state index is 12.3. The van der Waals surface area contributed by atoms with E-state index in [1.165, 1.54) is 0 Å². The van der Waals surface area contributed by atoms with Gasteiger partial charge >= 0.3 is 6.09 Å². The monoisotopic (exact) mass is 381 g/mol. The van der Waals surface area contributed by atoms with Gasteiger partial charge in [0.1, 0.15) is 6.61 Å². The van der Waals surface area contributed by atoms with E-state index in [1.54, 1.807) is 0 Å². The molecule has 138 valence electrons. The molecular formula is C22H20ClNO3. The van der Waals surface area contributed by atoms with Crippen molar-refractivity contribution >= 4 is 34.2 Å². The van der Waals surface area contributed by atoms with Crippen molar-refractivity contribution in [2.45, 2.75) is 19.1 Å². The molecule has 27 heavy (non-hydrogen) atoms. The molecule has 0 unspecified atom stereocenters. The lowest BCUT2D eigenvalue weighted by molar-refractivity contribution is -0.118. The SMILES string of the molecule is O=C(N[C@@H](Cc1cccc2ccccc12)C(=O)CCl)OCc1ccccc1. The molecule has 5 heteroatoms. The Bertz CT molecular complexity index is 922. The van der Waals surface area contributed by atoms with Crippen molar-refractivity contribution < 1.29 is 14.3 Å². The van der Waals surface area contributed by atoms with Crippen molar-refractivity contribution in [3.63, 3.8) is 0 Å². The molecule has 0 saturated heterocycles. The van der Waals surface area contributed by atoms with Gasteiger partial charge in [0.25, 0.3) is 0 Å². The fourth-order valence-corrected chi connectivity index (χ4v) is 3.12. The molecule has 0 spiro atoms. The van der Waals surface area contributed by atoms with Gasteiger partial charge in [0.15, 0.2) is 5.78 Å². The summed E-state index contributed by atoms with van der Waals surface area (Å²) in [5, 5.41) is 4.79. The van der Waals surface area contributed by atoms with Crippen molar-refractivity contribution in [2.75, 3.05) is 5.88 Å². The Morgan fingerprint density at radius 1 is 0.926 bits per heavy atom. The summed E-state index contributed by atoms with van der Waals surface area (Å²) < 4.78 is 5.23. The van der Waals surface area contributed by atoms with Crippen molar-refractivity contribution in [2.24, 2.45) is 0 Å². The minimum atomic E-state index is -0.739. The third-order valence-corrected chi connectivity index (χ3v) is 4.59. The zero-order valence-corrected chi connectivity index (χ0v) is 15.5. The van der Waals surface area contributed by atoms with Crippen LogP contribution in [0.5, 0.6) is 0 Å². The lowest BCUT2D eigenvalue weighted by atomic mass is 9.97. The first-order valence-corrected chi connectivity index (χ1v) is 9.23. The Kier molecular flexibility index (Phi) is 6.44. The molecule has 1 amide bonds. The van der Waals surface area contributed by atoms with Crippen LogP contribution in [0.1, 0.15) is 11.1 Å². The molecule has 0 heterocycles. The van der Waals surface area contributed by atoms with Gasteiger partial charge in [0.05, 0.1) is 11.9 Å². The number of alkyl carbamates (subject to hydrolysis) is 1. The molecule has 0 aliphatic heterocycles. The summed E-state index contributed by atoms with van der Waals surface area (Å²) in [5.74, 6) is -0.421. The fraction of sp³-hybridized carbons (Fsp3) is 0.182. The van der Waals surface area contributed by atoms with Gasteiger partial charge < -0.3 is 10.1 Å². The number of ether oxygens (including phenoxy) is 1. The number of nitrogens with one attached hydrogen (secondary N) is 1. The highest BCUT2D eigenvalue weighted by molar-refractivity contribution is 6.28. The summed E-state index contributed by atoms with van der Waals surface area (Å²) in [4.78, 5) is 24.4. The normalized spacial score (nSPS) is 11.7. The quantitative estimate of drug-likeness (QED) is 0.614. The smallest absolute Gasteiger partial charge is 0.408 e. The average molecular weight is 382 g/mol. The number of benzene rings is 3. The van der Waals surface area contributed by atoms with Crippen molar-refractivity contribution in [3.05, 3.63) is 83.9 Å². The first-order chi connectivity index (χ1) is 13.2. The molecule has 0 aliphatic carbocycles. The predicted molar refractivity (Wildman–Crippen MR) is 107 cm³/mol. The van der Waals surface area contributed by atoms with Crippen molar-refractivity contribution in [3.8, 4) is 0 Å². The Morgan fingerprint density at radius 2 is 1.63 bits per heavy atom. The van der Waals surface area contributed by atoms with Crippen LogP contribution in [0.2, 0.25) is 0 Å². The number of ketones is 1. The second-order valence-electron chi connectivity index (χ2n) is 6.20. The summed E-state index contributed by atoms with van der Waals surface area (Å²) >= 11 is 5.75. The van der Waals surface area contributed by atoms with E-state index < -0.39 is 12.1 Å². The molecule has 4 nitrogen and oxygen atoms in total. The summed E-state index contributed by atoms with van der Waals surface area (Å²) in [6.45, 7) is 0.142. The molecule has 3 aromatic rings. The summed E-state index contributed by atoms with van der Waals surface area (Å²) in [6.07, 6.45) is -0.282. The van der Waals surface area contributed by atoms with Crippen LogP contribution < -0.4 is 5.32 Å². The van der Waals surface area contributed by atoms with E-state index in [2.05, 4.69) is 5.32 Å². The number of carbonyl (C=O) groups excluding carboxylic acids is 2. The van der Waals surface area contributed by atoms with E-state index in [0.29, 0.717) is 6.42 Å². The van der Waals surface area contributed by atoms with Crippen LogP contribution in [-0.4, -0.2) is 23.8 Å². The van der Waals surface area contributed by atoms with Gasteiger partial charge in [-0.25, -0.2) is 4.79 Å². The number of Topliss-reactive ketones (excluding diaryl/α,β-unsaturated/α-hetero) is 1. The molecule has 3 aromatic carbocycles. The number of hydrogen-bond acceptors (Lipinski definition) is 3. The van der Waals surface area contributed by atoms with Crippen LogP contribution in [0.15, 0.2) is 72.8 Å². The maximum absolute atomic E-state index is 12.3. The first kappa shape index (κ1) is 18.9. The Hall–Kier alpha value is -2.85. The highest BCUT2D eigenvalue weighted by Crippen LogP contribution is 2.20. The van der Waals surface area contributed by atoms with E-state index in [0.717, 1.165) is 21.9 Å². The van der Waals surface area contributed by atoms with Gasteiger partial charge in [-0.15, -0.1) is 11.6 Å². The molecular weight excluding hydrogens is 362 g/mol. The van der Waals surface area contributed by atoms with E-state index in [9.17, 15) is 9.59 Å². The molecule has 0 aliphatic rings. The fourth-order valence-electron chi connectivity index (χ4n) is 2.94. The van der Waals surface area contributed by atoms with Crippen LogP contribution in [0.3, 0.4) is 0 Å². The first-order valence-electron chi connectivity index (χ1n) is 8.70. The topological polar surface area (TPSA) is 55.4 Å². The molecule has 0 fully saturated rings. The molecule has 0 bridgehead atoms. The summed E-state index contributed by atoms with van der Waals surface area (Å²) in [6, 6.07) is 22.5. The van der Waals surface area contributed by atoms with E-state index in [4.69, 9.17) is 16.3 Å². The number of hydrogen-bond donors (Lipinski definition) is 1. The molecule has 0 aromatic heterocycles. The maximum Gasteiger partial charge on any atom is 0.408 e. The second-order valence-corrected chi connectivity index (χ2v) is 6.47. The lowest BCUT2D eigenvalue weighted by Gasteiger charge is -2.18. The largest absolute Gasteiger partial charge is 0.445 e. The number of carbonyl (C=O) groups is 2. The third-order valence-electron chi connectivity index (χ3n) is 4.33. The van der Waals surface area contributed by atoms with Gasteiger partial charge in [-0.2, -0.15) is 0 Å². The Morgan fingerprint density at radius 3 is 2.41 bits per heavy atom. The molecule has 0 radical (unpaired) electrons. The van der Waals surface area contributed by atoms with Crippen molar-refractivity contribution in [1.82, 2.24) is 5.32 Å². The van der Waals surface area contributed by atoms with Gasteiger partial charge in [0.2, 0.25) is 0 Å². The Labute approximate surface area is 163 Å². The van der Waals surface area contributed by atoms with E-state index in [-0.39, 0.29) is 18.3 Å². The van der Waals surface area contributed by atoms with E-state index >= 15 is 0 Å². The third kappa shape index (κ3) is 5.08. The van der Waals surface area contributed by atoms with Crippen LogP contribution in [0.4, 0.5) is 4.79 Å². The van der Waals surface area contributed by atoms with Gasteiger partial charge in [-0.3, -0.25) is 4.79 Å². The van der Waals surface area contributed by atoms with Crippen molar-refractivity contribution in [1.29, 1.82) is 0 Å². The van der Waals surface area contributed by atoms with Gasteiger partial charge in [0, 0.05) is 6.42 Å². The average Bonchev–Trinajstić information content (AvgIpc) is 2.72.